The highest BCUT2D eigenvalue weighted by Gasteiger charge is 2.41. The Morgan fingerprint density at radius 3 is 1.96 bits per heavy atom. The fourth-order valence-electron chi connectivity index (χ4n) is 5.07. The van der Waals surface area contributed by atoms with Crippen molar-refractivity contribution in [2.24, 2.45) is 17.8 Å². The van der Waals surface area contributed by atoms with Gasteiger partial charge in [-0.25, -0.2) is 0 Å². The molecule has 0 aliphatic heterocycles. The molecule has 2 aliphatic carbocycles. The number of carbonyl (C=O) groups excluding carboxylic acids is 2. The second-order valence-electron chi connectivity index (χ2n) is 8.35. The molecule has 0 heterocycles. The first kappa shape index (κ1) is 18.9. The number of rotatable bonds is 6. The van der Waals surface area contributed by atoms with E-state index in [1.165, 1.54) is 11.1 Å². The lowest BCUT2D eigenvalue weighted by molar-refractivity contribution is -0.137. The predicted octanol–water partition coefficient (Wildman–Crippen LogP) is 4.72. The highest BCUT2D eigenvalue weighted by molar-refractivity contribution is 5.88. The Balaban J connectivity index is 1.37. The molecule has 4 rings (SSSR count). The first-order valence-electron chi connectivity index (χ1n) is 10.6. The Morgan fingerprint density at radius 1 is 0.893 bits per heavy atom. The number of Topliss-reactive ketones (excluding diaryl/α,β-unsaturated/α-hetero) is 1. The minimum atomic E-state index is 0.0138. The molecular formula is C25H29NO2. The van der Waals surface area contributed by atoms with E-state index in [1.807, 2.05) is 12.1 Å². The molecule has 146 valence electrons. The highest BCUT2D eigenvalue weighted by Crippen LogP contribution is 2.40. The van der Waals surface area contributed by atoms with E-state index in [2.05, 4.69) is 53.8 Å². The van der Waals surface area contributed by atoms with Gasteiger partial charge in [0.2, 0.25) is 5.91 Å². The summed E-state index contributed by atoms with van der Waals surface area (Å²) in [6.45, 7) is 0.660. The maximum Gasteiger partial charge on any atom is 0.223 e. The van der Waals surface area contributed by atoms with Crippen LogP contribution in [0.2, 0.25) is 0 Å². The average molecular weight is 376 g/mol. The molecule has 0 aromatic heterocycles. The summed E-state index contributed by atoms with van der Waals surface area (Å²) in [6, 6.07) is 21.0. The van der Waals surface area contributed by atoms with E-state index >= 15 is 0 Å². The number of carbonyl (C=O) groups is 2. The summed E-state index contributed by atoms with van der Waals surface area (Å²) in [5.41, 5.74) is 2.56. The van der Waals surface area contributed by atoms with E-state index in [-0.39, 0.29) is 29.6 Å². The normalized spacial score (nSPS) is 24.2. The van der Waals surface area contributed by atoms with Crippen LogP contribution in [0, 0.1) is 17.8 Å². The minimum Gasteiger partial charge on any atom is -0.356 e. The summed E-state index contributed by atoms with van der Waals surface area (Å²) in [4.78, 5) is 25.0. The van der Waals surface area contributed by atoms with Crippen molar-refractivity contribution < 1.29 is 9.59 Å². The van der Waals surface area contributed by atoms with E-state index in [0.717, 1.165) is 38.5 Å². The molecule has 2 aliphatic rings. The number of ketones is 1. The number of hydrogen-bond donors (Lipinski definition) is 1. The fraction of sp³-hybridized carbons (Fsp3) is 0.440. The Hall–Kier alpha value is -2.42. The molecule has 28 heavy (non-hydrogen) atoms. The van der Waals surface area contributed by atoms with E-state index in [1.54, 1.807) is 0 Å². The van der Waals surface area contributed by atoms with Crippen molar-refractivity contribution in [1.29, 1.82) is 0 Å². The van der Waals surface area contributed by atoms with Crippen LogP contribution in [0.4, 0.5) is 0 Å². The van der Waals surface area contributed by atoms with E-state index < -0.39 is 0 Å². The zero-order valence-electron chi connectivity index (χ0n) is 16.3. The van der Waals surface area contributed by atoms with Crippen molar-refractivity contribution in [2.45, 2.75) is 44.4 Å². The second-order valence-corrected chi connectivity index (χ2v) is 8.35. The van der Waals surface area contributed by atoms with Crippen LogP contribution in [-0.4, -0.2) is 18.2 Å². The fourth-order valence-corrected chi connectivity index (χ4v) is 5.07. The number of fused-ring (bicyclic) bond motifs is 2. The van der Waals surface area contributed by atoms with Crippen LogP contribution in [0.15, 0.2) is 60.7 Å². The Bertz CT molecular complexity index is 746. The molecule has 2 fully saturated rings. The van der Waals surface area contributed by atoms with Gasteiger partial charge in [0.05, 0.1) is 0 Å². The van der Waals surface area contributed by atoms with Crippen molar-refractivity contribution in [2.75, 3.05) is 6.54 Å². The van der Waals surface area contributed by atoms with Gasteiger partial charge in [-0.15, -0.1) is 0 Å². The maximum absolute atomic E-state index is 12.8. The van der Waals surface area contributed by atoms with Gasteiger partial charge >= 0.3 is 0 Å². The zero-order valence-corrected chi connectivity index (χ0v) is 16.3. The molecule has 2 atom stereocenters. The Kier molecular flexibility index (Phi) is 5.90. The van der Waals surface area contributed by atoms with Crippen LogP contribution in [0.3, 0.4) is 0 Å². The first-order valence-corrected chi connectivity index (χ1v) is 10.6. The Labute approximate surface area is 167 Å². The van der Waals surface area contributed by atoms with Gasteiger partial charge in [-0.2, -0.15) is 0 Å². The number of nitrogens with one attached hydrogen (secondary N) is 1. The van der Waals surface area contributed by atoms with Crippen molar-refractivity contribution in [3.8, 4) is 0 Å². The van der Waals surface area contributed by atoms with Crippen molar-refractivity contribution in [3.05, 3.63) is 71.8 Å². The van der Waals surface area contributed by atoms with E-state index in [0.29, 0.717) is 12.3 Å². The van der Waals surface area contributed by atoms with Crippen LogP contribution >= 0.6 is 0 Å². The monoisotopic (exact) mass is 375 g/mol. The first-order chi connectivity index (χ1) is 13.7. The summed E-state index contributed by atoms with van der Waals surface area (Å²) in [7, 11) is 0. The zero-order chi connectivity index (χ0) is 19.3. The van der Waals surface area contributed by atoms with Gasteiger partial charge in [0, 0.05) is 30.2 Å². The van der Waals surface area contributed by atoms with Crippen LogP contribution in [0.1, 0.15) is 55.6 Å². The SMILES string of the molecule is O=C(NCCC(c1ccccc1)c1ccccc1)C1CC2CCCC(C1)C2=O. The van der Waals surface area contributed by atoms with Gasteiger partial charge in [0.25, 0.3) is 0 Å². The van der Waals surface area contributed by atoms with Gasteiger partial charge in [-0.1, -0.05) is 67.1 Å². The summed E-state index contributed by atoms with van der Waals surface area (Å²) in [5.74, 6) is 1.11. The van der Waals surface area contributed by atoms with Crippen LogP contribution in [0.25, 0.3) is 0 Å². The average Bonchev–Trinajstić information content (AvgIpc) is 2.72. The van der Waals surface area contributed by atoms with E-state index in [9.17, 15) is 9.59 Å². The third-order valence-electron chi connectivity index (χ3n) is 6.55. The third-order valence-corrected chi connectivity index (χ3v) is 6.55. The number of hydrogen-bond acceptors (Lipinski definition) is 2. The molecule has 1 amide bonds. The van der Waals surface area contributed by atoms with Gasteiger partial charge in [0.1, 0.15) is 5.78 Å². The number of amides is 1. The molecular weight excluding hydrogens is 346 g/mol. The van der Waals surface area contributed by atoms with Crippen LogP contribution < -0.4 is 5.32 Å². The van der Waals surface area contributed by atoms with Crippen molar-refractivity contribution >= 4 is 11.7 Å². The quantitative estimate of drug-likeness (QED) is 0.794. The summed E-state index contributed by atoms with van der Waals surface area (Å²) in [5, 5.41) is 3.18. The molecule has 0 saturated heterocycles. The predicted molar refractivity (Wildman–Crippen MR) is 111 cm³/mol. The maximum atomic E-state index is 12.8. The molecule has 2 saturated carbocycles. The molecule has 1 N–H and O–H groups in total. The van der Waals surface area contributed by atoms with Crippen LogP contribution in [-0.2, 0) is 9.59 Å². The minimum absolute atomic E-state index is 0.0138. The molecule has 0 radical (unpaired) electrons. The van der Waals surface area contributed by atoms with Gasteiger partial charge in [-0.05, 0) is 43.2 Å². The van der Waals surface area contributed by atoms with Gasteiger partial charge in [0.15, 0.2) is 0 Å². The highest BCUT2D eigenvalue weighted by atomic mass is 16.2. The standard InChI is InChI=1S/C25H29NO2/c27-24-20-12-7-13-21(24)17-22(16-20)25(28)26-15-14-23(18-8-3-1-4-9-18)19-10-5-2-6-11-19/h1-6,8-11,20-23H,7,12-17H2,(H,26,28). The lowest BCUT2D eigenvalue weighted by Gasteiger charge is -2.37. The molecule has 0 spiro atoms. The van der Waals surface area contributed by atoms with Gasteiger partial charge < -0.3 is 5.32 Å². The lowest BCUT2D eigenvalue weighted by Crippen LogP contribution is -2.42. The molecule has 3 nitrogen and oxygen atoms in total. The molecule has 2 aromatic carbocycles. The molecule has 2 aromatic rings. The largest absolute Gasteiger partial charge is 0.356 e. The summed E-state index contributed by atoms with van der Waals surface area (Å²) in [6.07, 6.45) is 5.47. The Morgan fingerprint density at radius 2 is 1.43 bits per heavy atom. The van der Waals surface area contributed by atoms with E-state index in [4.69, 9.17) is 0 Å². The summed E-state index contributed by atoms with van der Waals surface area (Å²) < 4.78 is 0. The lowest BCUT2D eigenvalue weighted by atomic mass is 9.67. The van der Waals surface area contributed by atoms with Crippen LogP contribution in [0.5, 0.6) is 0 Å². The molecule has 2 unspecified atom stereocenters. The summed E-state index contributed by atoms with van der Waals surface area (Å²) >= 11 is 0. The third kappa shape index (κ3) is 4.19. The molecule has 3 heteroatoms. The second kappa shape index (κ2) is 8.72. The number of benzene rings is 2. The molecule has 2 bridgehead atoms. The van der Waals surface area contributed by atoms with Gasteiger partial charge in [-0.3, -0.25) is 9.59 Å². The van der Waals surface area contributed by atoms with Crippen molar-refractivity contribution in [1.82, 2.24) is 5.32 Å². The smallest absolute Gasteiger partial charge is 0.223 e. The van der Waals surface area contributed by atoms with Crippen molar-refractivity contribution in [3.63, 3.8) is 0 Å². The topological polar surface area (TPSA) is 46.2 Å².